The Hall–Kier alpha value is -1.39. The highest BCUT2D eigenvalue weighted by Gasteiger charge is 2.39. The summed E-state index contributed by atoms with van der Waals surface area (Å²) in [6.07, 6.45) is 6.68. The van der Waals surface area contributed by atoms with Gasteiger partial charge in [0.05, 0.1) is 0 Å². The third-order valence-corrected chi connectivity index (χ3v) is 5.08. The van der Waals surface area contributed by atoms with Gasteiger partial charge in [-0.1, -0.05) is 31.4 Å². The van der Waals surface area contributed by atoms with Crippen LogP contribution in [0.5, 0.6) is 0 Å². The van der Waals surface area contributed by atoms with Crippen molar-refractivity contribution in [1.29, 1.82) is 0 Å². The molecule has 4 nitrogen and oxygen atoms in total. The van der Waals surface area contributed by atoms with Gasteiger partial charge in [-0.2, -0.15) is 0 Å². The Bertz CT molecular complexity index is 483. The molecule has 1 aliphatic carbocycles. The summed E-state index contributed by atoms with van der Waals surface area (Å²) in [6.45, 7) is 4.27. The average molecular weight is 287 g/mol. The molecule has 114 valence electrons. The number of carbonyl (C=O) groups is 1. The van der Waals surface area contributed by atoms with Gasteiger partial charge in [0.2, 0.25) is 5.91 Å². The lowest BCUT2D eigenvalue weighted by molar-refractivity contribution is 0.0209. The third-order valence-electron chi connectivity index (χ3n) is 5.08. The van der Waals surface area contributed by atoms with Crippen molar-refractivity contribution in [2.75, 3.05) is 19.6 Å². The van der Waals surface area contributed by atoms with E-state index in [2.05, 4.69) is 10.2 Å². The van der Waals surface area contributed by atoms with E-state index in [0.717, 1.165) is 26.2 Å². The molecular formula is C17H25N3O. The Morgan fingerprint density at radius 3 is 2.57 bits per heavy atom. The molecule has 1 aliphatic heterocycles. The number of benzene rings is 1. The lowest BCUT2D eigenvalue weighted by Crippen LogP contribution is -2.61. The maximum atomic E-state index is 11.1. The van der Waals surface area contributed by atoms with Gasteiger partial charge >= 0.3 is 0 Å². The van der Waals surface area contributed by atoms with Crippen LogP contribution >= 0.6 is 0 Å². The Labute approximate surface area is 126 Å². The van der Waals surface area contributed by atoms with Crippen LogP contribution in [0.2, 0.25) is 0 Å². The van der Waals surface area contributed by atoms with Crippen LogP contribution in [0.4, 0.5) is 0 Å². The second-order valence-electron chi connectivity index (χ2n) is 6.44. The molecule has 3 N–H and O–H groups in total. The number of nitrogens with two attached hydrogens (primary N) is 1. The summed E-state index contributed by atoms with van der Waals surface area (Å²) in [4.78, 5) is 13.8. The van der Waals surface area contributed by atoms with Crippen molar-refractivity contribution < 1.29 is 4.79 Å². The van der Waals surface area contributed by atoms with Crippen LogP contribution < -0.4 is 11.1 Å². The average Bonchev–Trinajstić information content (AvgIpc) is 2.51. The number of nitrogens with zero attached hydrogens (tertiary/aromatic N) is 1. The third kappa shape index (κ3) is 3.11. The fourth-order valence-corrected chi connectivity index (χ4v) is 3.83. The van der Waals surface area contributed by atoms with Crippen molar-refractivity contribution in [3.63, 3.8) is 0 Å². The van der Waals surface area contributed by atoms with E-state index in [1.54, 1.807) is 0 Å². The first-order chi connectivity index (χ1) is 10.2. The Morgan fingerprint density at radius 1 is 1.19 bits per heavy atom. The lowest BCUT2D eigenvalue weighted by atomic mass is 9.79. The summed E-state index contributed by atoms with van der Waals surface area (Å²) >= 11 is 0. The maximum absolute atomic E-state index is 11.1. The number of carbonyl (C=O) groups excluding carboxylic acids is 1. The minimum Gasteiger partial charge on any atom is -0.366 e. The van der Waals surface area contributed by atoms with Crippen molar-refractivity contribution in [3.05, 3.63) is 35.4 Å². The highest BCUT2D eigenvalue weighted by Crippen LogP contribution is 2.35. The van der Waals surface area contributed by atoms with Gasteiger partial charge in [0, 0.05) is 37.3 Å². The fourth-order valence-electron chi connectivity index (χ4n) is 3.83. The maximum Gasteiger partial charge on any atom is 0.248 e. The summed E-state index contributed by atoms with van der Waals surface area (Å²) in [5.41, 5.74) is 7.51. The molecule has 0 unspecified atom stereocenters. The highest BCUT2D eigenvalue weighted by atomic mass is 16.1. The molecule has 1 heterocycles. The van der Waals surface area contributed by atoms with Crippen LogP contribution in [0, 0.1) is 0 Å². The standard InChI is InChI=1S/C17H25N3O/c18-16(21)15-6-4-14(5-7-15)12-20-11-10-19-13-17(20)8-2-1-3-9-17/h4-7,19H,1-3,8-13H2,(H2,18,21). The van der Waals surface area contributed by atoms with Crippen molar-refractivity contribution in [3.8, 4) is 0 Å². The van der Waals surface area contributed by atoms with E-state index in [9.17, 15) is 4.79 Å². The molecule has 1 amide bonds. The minimum atomic E-state index is -0.354. The fraction of sp³-hybridized carbons (Fsp3) is 0.588. The van der Waals surface area contributed by atoms with Crippen molar-refractivity contribution >= 4 is 5.91 Å². The molecule has 0 aromatic heterocycles. The van der Waals surface area contributed by atoms with Gasteiger partial charge < -0.3 is 11.1 Å². The van der Waals surface area contributed by atoms with Crippen molar-refractivity contribution in [2.45, 2.75) is 44.2 Å². The number of rotatable bonds is 3. The van der Waals surface area contributed by atoms with E-state index in [4.69, 9.17) is 5.73 Å². The van der Waals surface area contributed by atoms with E-state index in [1.165, 1.54) is 37.7 Å². The number of primary amides is 1. The van der Waals surface area contributed by atoms with Crippen LogP contribution in [0.15, 0.2) is 24.3 Å². The topological polar surface area (TPSA) is 58.4 Å². The van der Waals surface area contributed by atoms with Crippen molar-refractivity contribution in [2.24, 2.45) is 5.73 Å². The van der Waals surface area contributed by atoms with Gasteiger partial charge in [-0.3, -0.25) is 9.69 Å². The molecule has 0 radical (unpaired) electrons. The van der Waals surface area contributed by atoms with Crippen LogP contribution in [0.25, 0.3) is 0 Å². The van der Waals surface area contributed by atoms with Gasteiger partial charge in [-0.15, -0.1) is 0 Å². The Kier molecular flexibility index (Phi) is 4.27. The van der Waals surface area contributed by atoms with E-state index in [0.29, 0.717) is 11.1 Å². The molecule has 2 fully saturated rings. The number of hydrogen-bond donors (Lipinski definition) is 2. The zero-order valence-corrected chi connectivity index (χ0v) is 12.6. The predicted molar refractivity (Wildman–Crippen MR) is 84.1 cm³/mol. The van der Waals surface area contributed by atoms with Gasteiger partial charge in [-0.05, 0) is 30.5 Å². The van der Waals surface area contributed by atoms with E-state index in [1.807, 2.05) is 24.3 Å². The quantitative estimate of drug-likeness (QED) is 0.892. The monoisotopic (exact) mass is 287 g/mol. The molecule has 1 saturated heterocycles. The van der Waals surface area contributed by atoms with Crippen LogP contribution in [0.3, 0.4) is 0 Å². The van der Waals surface area contributed by atoms with E-state index < -0.39 is 0 Å². The second kappa shape index (κ2) is 6.16. The first-order valence-corrected chi connectivity index (χ1v) is 8.04. The van der Waals surface area contributed by atoms with E-state index >= 15 is 0 Å². The lowest BCUT2D eigenvalue weighted by Gasteiger charge is -2.50. The molecular weight excluding hydrogens is 262 g/mol. The SMILES string of the molecule is NC(=O)c1ccc(CN2CCNCC23CCCCC3)cc1. The number of nitrogens with one attached hydrogen (secondary N) is 1. The zero-order chi connectivity index (χ0) is 14.7. The van der Waals surface area contributed by atoms with Gasteiger partial charge in [0.1, 0.15) is 0 Å². The molecule has 1 saturated carbocycles. The molecule has 0 bridgehead atoms. The Balaban J connectivity index is 1.73. The molecule has 0 atom stereocenters. The first kappa shape index (κ1) is 14.5. The number of piperazine rings is 1. The summed E-state index contributed by atoms with van der Waals surface area (Å²) in [6, 6.07) is 7.76. The minimum absolute atomic E-state index is 0.346. The largest absolute Gasteiger partial charge is 0.366 e. The van der Waals surface area contributed by atoms with E-state index in [-0.39, 0.29) is 5.91 Å². The predicted octanol–water partition coefficient (Wildman–Crippen LogP) is 1.89. The van der Waals surface area contributed by atoms with Gasteiger partial charge in [0.25, 0.3) is 0 Å². The molecule has 3 rings (SSSR count). The first-order valence-electron chi connectivity index (χ1n) is 8.04. The van der Waals surface area contributed by atoms with Crippen LogP contribution in [-0.4, -0.2) is 36.0 Å². The summed E-state index contributed by atoms with van der Waals surface area (Å²) in [5, 5.41) is 3.58. The summed E-state index contributed by atoms with van der Waals surface area (Å²) in [7, 11) is 0. The van der Waals surface area contributed by atoms with Crippen LogP contribution in [0.1, 0.15) is 48.0 Å². The molecule has 2 aliphatic rings. The van der Waals surface area contributed by atoms with Crippen LogP contribution in [-0.2, 0) is 6.54 Å². The number of amides is 1. The Morgan fingerprint density at radius 2 is 1.90 bits per heavy atom. The number of hydrogen-bond acceptors (Lipinski definition) is 3. The van der Waals surface area contributed by atoms with Crippen molar-refractivity contribution in [1.82, 2.24) is 10.2 Å². The molecule has 4 heteroatoms. The highest BCUT2D eigenvalue weighted by molar-refractivity contribution is 5.92. The zero-order valence-electron chi connectivity index (χ0n) is 12.6. The smallest absolute Gasteiger partial charge is 0.248 e. The summed E-state index contributed by atoms with van der Waals surface area (Å²) in [5.74, 6) is -0.354. The van der Waals surface area contributed by atoms with Gasteiger partial charge in [-0.25, -0.2) is 0 Å². The molecule has 1 spiro atoms. The molecule has 1 aromatic rings. The normalized spacial score (nSPS) is 22.3. The molecule has 1 aromatic carbocycles. The van der Waals surface area contributed by atoms with Gasteiger partial charge in [0.15, 0.2) is 0 Å². The molecule has 21 heavy (non-hydrogen) atoms. The second-order valence-corrected chi connectivity index (χ2v) is 6.44. The summed E-state index contributed by atoms with van der Waals surface area (Å²) < 4.78 is 0.